The van der Waals surface area contributed by atoms with Crippen molar-refractivity contribution >= 4 is 17.4 Å². The van der Waals surface area contributed by atoms with Gasteiger partial charge in [0.15, 0.2) is 0 Å². The van der Waals surface area contributed by atoms with Crippen LogP contribution in [0, 0.1) is 0 Å². The van der Waals surface area contributed by atoms with E-state index in [2.05, 4.69) is 5.32 Å². The molecule has 0 aromatic heterocycles. The van der Waals surface area contributed by atoms with Gasteiger partial charge < -0.3 is 10.1 Å². The Hall–Kier alpha value is -1.84. The molecule has 1 heterocycles. The molecule has 1 N–H and O–H groups in total. The SMILES string of the molecule is CCC(=O)CCCOc1ccc2c(c1)NC(=O)CC2. The second-order valence-corrected chi connectivity index (χ2v) is 4.71. The van der Waals surface area contributed by atoms with Crippen molar-refractivity contribution in [2.24, 2.45) is 0 Å². The maximum atomic E-state index is 11.3. The summed E-state index contributed by atoms with van der Waals surface area (Å²) in [5.41, 5.74) is 1.99. The van der Waals surface area contributed by atoms with Gasteiger partial charge in [0.1, 0.15) is 11.5 Å². The number of nitrogens with one attached hydrogen (secondary N) is 1. The highest BCUT2D eigenvalue weighted by Gasteiger charge is 2.14. The first kappa shape index (κ1) is 13.6. The van der Waals surface area contributed by atoms with Crippen LogP contribution in [0.2, 0.25) is 0 Å². The van der Waals surface area contributed by atoms with Gasteiger partial charge in [-0.15, -0.1) is 0 Å². The third-order valence-corrected chi connectivity index (χ3v) is 3.24. The summed E-state index contributed by atoms with van der Waals surface area (Å²) in [4.78, 5) is 22.5. The molecule has 1 aromatic rings. The molecule has 0 spiro atoms. The van der Waals surface area contributed by atoms with E-state index < -0.39 is 0 Å². The lowest BCUT2D eigenvalue weighted by Crippen LogP contribution is -2.18. The van der Waals surface area contributed by atoms with E-state index in [1.54, 1.807) is 0 Å². The molecule has 0 atom stereocenters. The zero-order valence-electron chi connectivity index (χ0n) is 11.2. The van der Waals surface area contributed by atoms with E-state index in [0.29, 0.717) is 25.9 Å². The first-order chi connectivity index (χ1) is 9.19. The lowest BCUT2D eigenvalue weighted by molar-refractivity contribution is -0.119. The minimum Gasteiger partial charge on any atom is -0.494 e. The fraction of sp³-hybridized carbons (Fsp3) is 0.467. The summed E-state index contributed by atoms with van der Waals surface area (Å²) in [6, 6.07) is 5.76. The van der Waals surface area contributed by atoms with Gasteiger partial charge in [-0.3, -0.25) is 9.59 Å². The van der Waals surface area contributed by atoms with Crippen molar-refractivity contribution < 1.29 is 14.3 Å². The van der Waals surface area contributed by atoms with E-state index in [0.717, 1.165) is 29.8 Å². The van der Waals surface area contributed by atoms with Crippen molar-refractivity contribution in [1.29, 1.82) is 0 Å². The first-order valence-corrected chi connectivity index (χ1v) is 6.76. The zero-order valence-corrected chi connectivity index (χ0v) is 11.2. The van der Waals surface area contributed by atoms with Gasteiger partial charge in [-0.05, 0) is 24.5 Å². The van der Waals surface area contributed by atoms with Crippen molar-refractivity contribution in [2.75, 3.05) is 11.9 Å². The van der Waals surface area contributed by atoms with E-state index in [4.69, 9.17) is 4.74 Å². The fourth-order valence-electron chi connectivity index (χ4n) is 2.08. The van der Waals surface area contributed by atoms with Crippen LogP contribution in [0.1, 0.15) is 38.2 Å². The van der Waals surface area contributed by atoms with Crippen LogP contribution in [-0.4, -0.2) is 18.3 Å². The second kappa shape index (κ2) is 6.36. The van der Waals surface area contributed by atoms with Gasteiger partial charge in [0.25, 0.3) is 0 Å². The van der Waals surface area contributed by atoms with Crippen LogP contribution in [0.15, 0.2) is 18.2 Å². The maximum absolute atomic E-state index is 11.3. The Kier molecular flexibility index (Phi) is 4.55. The number of Topliss-reactive ketones (excluding diaryl/α,β-unsaturated/α-hetero) is 1. The van der Waals surface area contributed by atoms with Crippen LogP contribution in [0.3, 0.4) is 0 Å². The Labute approximate surface area is 113 Å². The number of anilines is 1. The summed E-state index contributed by atoms with van der Waals surface area (Å²) in [5.74, 6) is 1.06. The molecule has 19 heavy (non-hydrogen) atoms. The monoisotopic (exact) mass is 261 g/mol. The van der Waals surface area contributed by atoms with Gasteiger partial charge in [0.05, 0.1) is 6.61 Å². The quantitative estimate of drug-likeness (QED) is 0.801. The average molecular weight is 261 g/mol. The van der Waals surface area contributed by atoms with E-state index >= 15 is 0 Å². The molecule has 0 aliphatic carbocycles. The molecule has 0 radical (unpaired) electrons. The summed E-state index contributed by atoms with van der Waals surface area (Å²) in [6.07, 6.45) is 3.22. The zero-order chi connectivity index (χ0) is 13.7. The highest BCUT2D eigenvalue weighted by molar-refractivity contribution is 5.94. The summed E-state index contributed by atoms with van der Waals surface area (Å²) in [6.45, 7) is 2.40. The van der Waals surface area contributed by atoms with Crippen molar-refractivity contribution in [1.82, 2.24) is 0 Å². The molecule has 1 aliphatic heterocycles. The van der Waals surface area contributed by atoms with Crippen molar-refractivity contribution in [3.8, 4) is 5.75 Å². The lowest BCUT2D eigenvalue weighted by Gasteiger charge is -2.17. The molecule has 0 saturated heterocycles. The molecule has 0 unspecified atom stereocenters. The molecule has 0 bridgehead atoms. The summed E-state index contributed by atoms with van der Waals surface area (Å²) >= 11 is 0. The first-order valence-electron chi connectivity index (χ1n) is 6.76. The van der Waals surface area contributed by atoms with Gasteiger partial charge in [0, 0.05) is 31.0 Å². The molecule has 4 heteroatoms. The van der Waals surface area contributed by atoms with E-state index in [9.17, 15) is 9.59 Å². The minimum absolute atomic E-state index is 0.0539. The van der Waals surface area contributed by atoms with Crippen LogP contribution in [0.5, 0.6) is 5.75 Å². The molecule has 2 rings (SSSR count). The molecular formula is C15H19NO3. The molecule has 1 aromatic carbocycles. The number of carbonyl (C=O) groups excluding carboxylic acids is 2. The van der Waals surface area contributed by atoms with Gasteiger partial charge in [-0.2, -0.15) is 0 Å². The normalized spacial score (nSPS) is 13.6. The number of aryl methyl sites for hydroxylation is 1. The third kappa shape index (κ3) is 3.81. The Balaban J connectivity index is 1.86. The lowest BCUT2D eigenvalue weighted by atomic mass is 10.0. The molecule has 0 fully saturated rings. The van der Waals surface area contributed by atoms with Crippen molar-refractivity contribution in [2.45, 2.75) is 39.0 Å². The van der Waals surface area contributed by atoms with Crippen LogP contribution in [0.4, 0.5) is 5.69 Å². The number of ether oxygens (including phenoxy) is 1. The molecule has 4 nitrogen and oxygen atoms in total. The number of hydrogen-bond acceptors (Lipinski definition) is 3. The predicted molar refractivity (Wildman–Crippen MR) is 73.4 cm³/mol. The molecule has 0 saturated carbocycles. The fourth-order valence-corrected chi connectivity index (χ4v) is 2.08. The highest BCUT2D eigenvalue weighted by Crippen LogP contribution is 2.27. The number of benzene rings is 1. The van der Waals surface area contributed by atoms with E-state index in [1.807, 2.05) is 25.1 Å². The standard InChI is InChI=1S/C15H19NO3/c1-2-12(17)4-3-9-19-13-7-5-11-6-8-15(18)16-14(11)10-13/h5,7,10H,2-4,6,8-9H2,1H3,(H,16,18). The van der Waals surface area contributed by atoms with E-state index in [1.165, 1.54) is 0 Å². The Morgan fingerprint density at radius 3 is 3.00 bits per heavy atom. The Morgan fingerprint density at radius 2 is 2.21 bits per heavy atom. The Bertz CT molecular complexity index is 482. The summed E-state index contributed by atoms with van der Waals surface area (Å²) in [7, 11) is 0. The molecule has 1 amide bonds. The molecule has 1 aliphatic rings. The number of rotatable bonds is 6. The van der Waals surface area contributed by atoms with Crippen molar-refractivity contribution in [3.63, 3.8) is 0 Å². The number of hydrogen-bond donors (Lipinski definition) is 1. The van der Waals surface area contributed by atoms with E-state index in [-0.39, 0.29) is 11.7 Å². The number of ketones is 1. The van der Waals surface area contributed by atoms with Gasteiger partial charge in [-0.25, -0.2) is 0 Å². The average Bonchev–Trinajstić information content (AvgIpc) is 2.42. The summed E-state index contributed by atoms with van der Waals surface area (Å²) < 4.78 is 5.60. The van der Waals surface area contributed by atoms with Crippen LogP contribution >= 0.6 is 0 Å². The largest absolute Gasteiger partial charge is 0.494 e. The number of carbonyl (C=O) groups is 2. The third-order valence-electron chi connectivity index (χ3n) is 3.24. The van der Waals surface area contributed by atoms with Crippen LogP contribution in [-0.2, 0) is 16.0 Å². The van der Waals surface area contributed by atoms with Gasteiger partial charge in [-0.1, -0.05) is 13.0 Å². The predicted octanol–water partition coefficient (Wildman–Crippen LogP) is 2.71. The number of fused-ring (bicyclic) bond motifs is 1. The maximum Gasteiger partial charge on any atom is 0.224 e. The summed E-state index contributed by atoms with van der Waals surface area (Å²) in [5, 5.41) is 2.84. The smallest absolute Gasteiger partial charge is 0.224 e. The Morgan fingerprint density at radius 1 is 1.37 bits per heavy atom. The topological polar surface area (TPSA) is 55.4 Å². The second-order valence-electron chi connectivity index (χ2n) is 4.71. The van der Waals surface area contributed by atoms with Gasteiger partial charge >= 0.3 is 0 Å². The molecular weight excluding hydrogens is 242 g/mol. The minimum atomic E-state index is 0.0539. The van der Waals surface area contributed by atoms with Crippen LogP contribution < -0.4 is 10.1 Å². The van der Waals surface area contributed by atoms with Crippen molar-refractivity contribution in [3.05, 3.63) is 23.8 Å². The van der Waals surface area contributed by atoms with Gasteiger partial charge in [0.2, 0.25) is 5.91 Å². The van der Waals surface area contributed by atoms with Crippen LogP contribution in [0.25, 0.3) is 0 Å². The number of amides is 1. The molecule has 102 valence electrons. The highest BCUT2D eigenvalue weighted by atomic mass is 16.5.